The lowest BCUT2D eigenvalue weighted by molar-refractivity contribution is -0.277. The van der Waals surface area contributed by atoms with Crippen LogP contribution in [0.25, 0.3) is 0 Å². The van der Waals surface area contributed by atoms with Gasteiger partial charge in [-0.05, 0) is 150 Å². The number of aliphatic hydroxyl groups is 4. The Balaban J connectivity index is 0.000000148. The minimum atomic E-state index is -1.93. The summed E-state index contributed by atoms with van der Waals surface area (Å²) < 4.78 is 58.7. The number of para-hydroxylation sites is 2. The van der Waals surface area contributed by atoms with Gasteiger partial charge in [-0.2, -0.15) is 0 Å². The molecule has 10 aliphatic rings. The summed E-state index contributed by atoms with van der Waals surface area (Å²) in [5.74, 6) is -3.29. The fraction of sp³-hybridized carbons (Fsp3) is 0.617. The number of ketones is 2. The first kappa shape index (κ1) is 53.2. The molecule has 2 aromatic rings. The number of anilines is 1. The predicted octanol–water partition coefficient (Wildman–Crippen LogP) is 9.03. The molecule has 0 amide bonds. The summed E-state index contributed by atoms with van der Waals surface area (Å²) in [6.07, 6.45) is 11.8. The highest BCUT2D eigenvalue weighted by Gasteiger charge is 2.82. The Labute approximate surface area is 434 Å². The molecule has 2 heterocycles. The van der Waals surface area contributed by atoms with Gasteiger partial charge in [0.2, 0.25) is 5.79 Å². The van der Waals surface area contributed by atoms with E-state index in [1.165, 1.54) is 6.08 Å². The van der Waals surface area contributed by atoms with Gasteiger partial charge in [-0.1, -0.05) is 87.4 Å². The van der Waals surface area contributed by atoms with Gasteiger partial charge in [0, 0.05) is 39.2 Å². The molecule has 0 bridgehead atoms. The van der Waals surface area contributed by atoms with Crippen molar-refractivity contribution in [2.24, 2.45) is 62.2 Å². The molecular formula is C60H76F2N2O10. The number of aliphatic hydroxyl groups excluding tert-OH is 3. The number of rotatable bonds is 3. The quantitative estimate of drug-likeness (QED) is 0.185. The third kappa shape index (κ3) is 6.99. The molecule has 400 valence electrons. The number of benzene rings is 2. The average Bonchev–Trinajstić information content (AvgIpc) is 4.11. The van der Waals surface area contributed by atoms with Crippen LogP contribution >= 0.6 is 0 Å². The summed E-state index contributed by atoms with van der Waals surface area (Å²) in [6, 6.07) is 15.7. The normalized spacial score (nSPS) is 46.7. The smallest absolute Gasteiger partial charge is 0.227 e. The Morgan fingerprint density at radius 2 is 1.30 bits per heavy atom. The lowest BCUT2D eigenvalue weighted by atomic mass is 9.44. The summed E-state index contributed by atoms with van der Waals surface area (Å²) in [6.45, 7) is 15.3. The number of allylic oxidation sites excluding steroid dienone is 8. The number of nitrogens with two attached hydrogens (primary N) is 1. The maximum absolute atomic E-state index is 17.4. The van der Waals surface area contributed by atoms with Gasteiger partial charge in [0.25, 0.3) is 0 Å². The molecule has 2 spiro atoms. The van der Waals surface area contributed by atoms with Crippen LogP contribution in [0.3, 0.4) is 0 Å². The van der Waals surface area contributed by atoms with E-state index in [0.717, 1.165) is 45.8 Å². The van der Waals surface area contributed by atoms with Crippen molar-refractivity contribution in [3.8, 4) is 0 Å². The zero-order chi connectivity index (χ0) is 53.2. The maximum atomic E-state index is 17.4. The Kier molecular flexibility index (Phi) is 13.1. The number of nitrogens with zero attached hydrogens (tertiary/aromatic N) is 1. The van der Waals surface area contributed by atoms with Crippen LogP contribution in [0.1, 0.15) is 104 Å². The van der Waals surface area contributed by atoms with Gasteiger partial charge in [0.15, 0.2) is 36.5 Å². The van der Waals surface area contributed by atoms with E-state index in [1.54, 1.807) is 26.0 Å². The second-order valence-corrected chi connectivity index (χ2v) is 24.4. The summed E-state index contributed by atoms with van der Waals surface area (Å²) in [4.78, 5) is 29.5. The monoisotopic (exact) mass is 1020 g/mol. The highest BCUT2D eigenvalue weighted by atomic mass is 19.1. The maximum Gasteiger partial charge on any atom is 0.227 e. The van der Waals surface area contributed by atoms with Gasteiger partial charge in [0.1, 0.15) is 24.4 Å². The Hall–Kier alpha value is -4.25. The largest absolute Gasteiger partial charge is 0.399 e. The molecule has 12 rings (SSSR count). The third-order valence-corrected chi connectivity index (χ3v) is 21.3. The topological polar surface area (TPSA) is 190 Å². The first-order valence-corrected chi connectivity index (χ1v) is 26.8. The number of aryl methyl sites for hydroxylation is 2. The molecule has 74 heavy (non-hydrogen) atoms. The minimum Gasteiger partial charge on any atom is -0.399 e. The van der Waals surface area contributed by atoms with Crippen molar-refractivity contribution >= 4 is 28.7 Å². The second-order valence-electron chi connectivity index (χ2n) is 24.4. The van der Waals surface area contributed by atoms with E-state index in [2.05, 4.69) is 13.8 Å². The van der Waals surface area contributed by atoms with Gasteiger partial charge in [-0.25, -0.2) is 13.8 Å². The van der Waals surface area contributed by atoms with Crippen LogP contribution in [0.4, 0.5) is 20.2 Å². The van der Waals surface area contributed by atoms with Crippen molar-refractivity contribution in [3.63, 3.8) is 0 Å². The Bertz CT molecular complexity index is 2730. The van der Waals surface area contributed by atoms with Crippen molar-refractivity contribution in [1.82, 2.24) is 0 Å². The first-order chi connectivity index (χ1) is 34.9. The van der Waals surface area contributed by atoms with E-state index in [-0.39, 0.29) is 62.5 Å². The molecule has 0 aromatic heterocycles. The van der Waals surface area contributed by atoms with Crippen molar-refractivity contribution in [1.29, 1.82) is 0 Å². The van der Waals surface area contributed by atoms with E-state index < -0.39 is 86.4 Å². The van der Waals surface area contributed by atoms with Crippen LogP contribution in [-0.2, 0) is 28.5 Å². The fourth-order valence-corrected chi connectivity index (χ4v) is 17.5. The number of hydrogen-bond donors (Lipinski definition) is 5. The molecule has 1 unspecified atom stereocenters. The Morgan fingerprint density at radius 1 is 0.743 bits per heavy atom. The number of alkyl halides is 2. The van der Waals surface area contributed by atoms with Gasteiger partial charge in [-0.3, -0.25) is 9.59 Å². The lowest BCUT2D eigenvalue weighted by Crippen LogP contribution is -2.71. The summed E-state index contributed by atoms with van der Waals surface area (Å²) in [5, 5.41) is 44.1. The summed E-state index contributed by atoms with van der Waals surface area (Å²) in [7, 11) is 0. The molecule has 2 aromatic carbocycles. The lowest BCUT2D eigenvalue weighted by Gasteiger charge is -2.63. The number of Topliss-reactive ketones (excluding diaryl/α,β-unsaturated/α-hetero) is 1. The number of hydrogen-bond acceptors (Lipinski definition) is 12. The second kappa shape index (κ2) is 18.2. The van der Waals surface area contributed by atoms with E-state index in [1.807, 2.05) is 94.5 Å². The summed E-state index contributed by atoms with van der Waals surface area (Å²) in [5.41, 5.74) is 2.06. The van der Waals surface area contributed by atoms with E-state index >= 15 is 8.78 Å². The van der Waals surface area contributed by atoms with Crippen molar-refractivity contribution in [2.75, 3.05) is 32.5 Å². The number of fused-ring (bicyclic) bond motifs is 12. The van der Waals surface area contributed by atoms with E-state index in [9.17, 15) is 30.0 Å². The molecule has 6 saturated carbocycles. The van der Waals surface area contributed by atoms with Crippen molar-refractivity contribution in [2.45, 2.75) is 147 Å². The van der Waals surface area contributed by atoms with Gasteiger partial charge >= 0.3 is 0 Å². The summed E-state index contributed by atoms with van der Waals surface area (Å²) >= 11 is 0. The number of carbonyl (C=O) groups excluding carboxylic acids is 2. The molecule has 12 nitrogen and oxygen atoms in total. The molecule has 14 heteroatoms. The number of carbonyl (C=O) groups is 2. The van der Waals surface area contributed by atoms with Crippen LogP contribution in [0.5, 0.6) is 0 Å². The third-order valence-electron chi connectivity index (χ3n) is 21.3. The van der Waals surface area contributed by atoms with Gasteiger partial charge in [0.05, 0.1) is 23.6 Å². The molecule has 8 aliphatic carbocycles. The highest BCUT2D eigenvalue weighted by Crippen LogP contribution is 2.75. The van der Waals surface area contributed by atoms with E-state index in [4.69, 9.17) is 29.7 Å². The average molecular weight is 1020 g/mol. The van der Waals surface area contributed by atoms with Crippen molar-refractivity contribution in [3.05, 3.63) is 107 Å². The van der Waals surface area contributed by atoms with Gasteiger partial charge in [-0.15, -0.1) is 0 Å². The number of nitrogen functional groups attached to an aromatic ring is 1. The molecule has 0 radical (unpaired) electrons. The van der Waals surface area contributed by atoms with Crippen LogP contribution in [-0.4, -0.2) is 105 Å². The molecular weight excluding hydrogens is 947 g/mol. The molecule has 8 fully saturated rings. The Morgan fingerprint density at radius 3 is 1.88 bits per heavy atom. The van der Waals surface area contributed by atoms with E-state index in [0.29, 0.717) is 32.1 Å². The van der Waals surface area contributed by atoms with Crippen molar-refractivity contribution < 1.29 is 57.7 Å². The zero-order valence-electron chi connectivity index (χ0n) is 44.2. The SMILES string of the molecule is C[C@@H]1C[C@H]2[C@@H]3CCC4=CC(=O)C=C[C@]4(C)[C@@]3(F)[C@@H](O)C[C@]2(C)[C@]12OCOC21COCO1.Cc1ccccc1N.Cc1ccccc1N=C1C=C[C@@]2(C)C(=C1)CC[C@H]1[C@@H]3C[C@@H](C)[C@](O)(C(=O)CO)[C@@]3(C)C[C@H](O)[C@@]12F. The predicted molar refractivity (Wildman–Crippen MR) is 276 cm³/mol. The number of halogens is 2. The number of aliphatic imine (C=N–C) groups is 1. The standard InChI is InChI=1S/C29H36FNO4.C24H31FO6.C7H9N/c1-17-7-5-6-8-23(17)31-20-11-12-26(3)19(14-20)9-10-21-22-13-18(2)29(35,25(34)16-32)27(22,4)15-24(33)28(21,26)30;1-14-8-18-17-5-4-15-9-16(26)6-7-20(15,2)23(17,25)19(27)10-21(18,3)24(14)22(30-13-31-24)11-28-12-29-22;1-6-4-2-3-5-7(6)8/h5-8,11-12,14,18,21-22,24,32-33,35H,9-10,13,15-16H2,1-4H3;6-7,9,14,17-19,27H,4-5,8,10-13H2,1-3H3;2-5H,8H2,1H3/t18-,21+,22+,24+,26+,27+,28+,29+;14-,17+,18+,19+,20+,21+,22?,23+,24-;/m11./s1. The molecule has 6 N–H and O–H groups in total. The molecule has 2 aliphatic heterocycles. The van der Waals surface area contributed by atoms with Crippen LogP contribution < -0.4 is 5.73 Å². The van der Waals surface area contributed by atoms with Gasteiger partial charge < -0.3 is 45.1 Å². The molecule has 17 atom stereocenters. The highest BCUT2D eigenvalue weighted by molar-refractivity contribution is 6.07. The number of ether oxygens (including phenoxy) is 4. The van der Waals surface area contributed by atoms with Crippen LogP contribution in [0, 0.1) is 71.0 Å². The zero-order valence-corrected chi connectivity index (χ0v) is 44.2. The molecule has 2 saturated heterocycles. The van der Waals surface area contributed by atoms with Crippen LogP contribution in [0.2, 0.25) is 0 Å². The first-order valence-electron chi connectivity index (χ1n) is 26.8. The van der Waals surface area contributed by atoms with Crippen LogP contribution in [0.15, 0.2) is 101 Å². The minimum absolute atomic E-state index is 0.0110. The fourth-order valence-electron chi connectivity index (χ4n) is 17.5.